The molecule has 0 radical (unpaired) electrons. The van der Waals surface area contributed by atoms with Crippen molar-refractivity contribution in [2.45, 2.75) is 32.5 Å². The van der Waals surface area contributed by atoms with Crippen molar-refractivity contribution in [2.24, 2.45) is 10.9 Å². The number of rotatable bonds is 4. The summed E-state index contributed by atoms with van der Waals surface area (Å²) in [6.07, 6.45) is -1.38. The number of amides is 1. The maximum absolute atomic E-state index is 14.1. The first-order chi connectivity index (χ1) is 15.2. The Kier molecular flexibility index (Phi) is 6.15. The Balaban J connectivity index is 1.69. The lowest BCUT2D eigenvalue weighted by Crippen LogP contribution is -2.32. The number of hydrogen-bond donors (Lipinski definition) is 1. The summed E-state index contributed by atoms with van der Waals surface area (Å²) < 4.78 is 55.8. The highest BCUT2D eigenvalue weighted by Gasteiger charge is 2.42. The molecule has 1 aliphatic carbocycles. The number of benzene rings is 1. The molecule has 1 unspecified atom stereocenters. The van der Waals surface area contributed by atoms with Crippen LogP contribution in [0.25, 0.3) is 5.57 Å². The predicted octanol–water partition coefficient (Wildman–Crippen LogP) is 6.21. The van der Waals surface area contributed by atoms with Gasteiger partial charge in [-0.05, 0) is 66.1 Å². The first kappa shape index (κ1) is 22.2. The second kappa shape index (κ2) is 8.86. The maximum Gasteiger partial charge on any atom is 0.418 e. The molecule has 32 heavy (non-hydrogen) atoms. The Hall–Kier alpha value is -3.00. The Morgan fingerprint density at radius 2 is 2.06 bits per heavy atom. The minimum absolute atomic E-state index is 0.0251. The molecule has 0 spiro atoms. The minimum Gasteiger partial charge on any atom is -0.346 e. The van der Waals surface area contributed by atoms with Gasteiger partial charge < -0.3 is 5.32 Å². The Bertz CT molecular complexity index is 1160. The van der Waals surface area contributed by atoms with E-state index in [9.17, 15) is 22.4 Å². The van der Waals surface area contributed by atoms with E-state index in [0.717, 1.165) is 11.0 Å². The number of carbonyl (C=O) groups is 1. The standard InChI is InChI=1S/C24H20F4N2OS/c1-14-10-17-8-7-16(15-4-2-5-18(25)11-15)12-20(24(26,27)28)22(17)30-21(14)23(31)29-13-19-6-3-9-32-19/h2-7,9,11-12,17H,8,10,13H2,1H3,(H,29,31). The van der Waals surface area contributed by atoms with E-state index in [2.05, 4.69) is 10.3 Å². The molecule has 0 bridgehead atoms. The maximum atomic E-state index is 14.1. The molecule has 4 rings (SSSR count). The average Bonchev–Trinajstić information content (AvgIpc) is 3.18. The number of thiophene rings is 1. The van der Waals surface area contributed by atoms with Crippen molar-refractivity contribution in [1.82, 2.24) is 5.32 Å². The van der Waals surface area contributed by atoms with Crippen molar-refractivity contribution < 1.29 is 22.4 Å². The van der Waals surface area contributed by atoms with Gasteiger partial charge in [-0.25, -0.2) is 9.38 Å². The zero-order chi connectivity index (χ0) is 22.9. The lowest BCUT2D eigenvalue weighted by atomic mass is 9.85. The van der Waals surface area contributed by atoms with Crippen molar-refractivity contribution in [2.75, 3.05) is 0 Å². The van der Waals surface area contributed by atoms with E-state index in [1.54, 1.807) is 19.1 Å². The first-order valence-corrected chi connectivity index (χ1v) is 10.9. The molecule has 2 aromatic rings. The summed E-state index contributed by atoms with van der Waals surface area (Å²) in [5.41, 5.74) is 0.280. The molecule has 0 saturated carbocycles. The molecule has 1 N–H and O–H groups in total. The van der Waals surface area contributed by atoms with Gasteiger partial charge in [0.05, 0.1) is 17.8 Å². The fraction of sp³-hybridized carbons (Fsp3) is 0.250. The molecule has 1 aromatic heterocycles. The number of halogens is 4. The van der Waals surface area contributed by atoms with E-state index in [1.165, 1.54) is 29.5 Å². The zero-order valence-electron chi connectivity index (χ0n) is 17.2. The molecule has 1 aromatic carbocycles. The molecule has 166 valence electrons. The van der Waals surface area contributed by atoms with Crippen LogP contribution in [0.5, 0.6) is 0 Å². The van der Waals surface area contributed by atoms with Gasteiger partial charge in [-0.2, -0.15) is 13.2 Å². The second-order valence-corrected chi connectivity index (χ2v) is 8.78. The molecule has 0 saturated heterocycles. The highest BCUT2D eigenvalue weighted by atomic mass is 32.1. The lowest BCUT2D eigenvalue weighted by molar-refractivity contribution is -0.117. The number of nitrogens with one attached hydrogen (secondary N) is 1. The third-order valence-electron chi connectivity index (χ3n) is 5.46. The van der Waals surface area contributed by atoms with E-state index in [-0.39, 0.29) is 23.5 Å². The van der Waals surface area contributed by atoms with Crippen LogP contribution in [0, 0.1) is 11.7 Å². The van der Waals surface area contributed by atoms with Crippen LogP contribution in [-0.4, -0.2) is 17.8 Å². The van der Waals surface area contributed by atoms with Crippen LogP contribution in [0.2, 0.25) is 0 Å². The van der Waals surface area contributed by atoms with Gasteiger partial charge in [0.15, 0.2) is 0 Å². The van der Waals surface area contributed by atoms with Crippen LogP contribution in [0.15, 0.2) is 75.8 Å². The van der Waals surface area contributed by atoms with Crippen molar-refractivity contribution in [3.63, 3.8) is 0 Å². The summed E-state index contributed by atoms with van der Waals surface area (Å²) in [5.74, 6) is -1.53. The van der Waals surface area contributed by atoms with Gasteiger partial charge >= 0.3 is 6.18 Å². The normalized spacial score (nSPS) is 18.9. The molecule has 2 aliphatic rings. The zero-order valence-corrected chi connectivity index (χ0v) is 18.0. The third kappa shape index (κ3) is 4.75. The number of allylic oxidation sites excluding steroid dienone is 5. The molecule has 2 heterocycles. The highest BCUT2D eigenvalue weighted by molar-refractivity contribution is 7.09. The number of carbonyl (C=O) groups excluding carboxylic acids is 1. The number of hydrogen-bond acceptors (Lipinski definition) is 3. The summed E-state index contributed by atoms with van der Waals surface area (Å²) in [7, 11) is 0. The van der Waals surface area contributed by atoms with Crippen molar-refractivity contribution in [3.05, 3.63) is 87.0 Å². The van der Waals surface area contributed by atoms with Crippen LogP contribution in [0.3, 0.4) is 0 Å². The van der Waals surface area contributed by atoms with Crippen LogP contribution >= 0.6 is 11.3 Å². The van der Waals surface area contributed by atoms with Gasteiger partial charge in [0, 0.05) is 10.8 Å². The highest BCUT2D eigenvalue weighted by Crippen LogP contribution is 2.40. The smallest absolute Gasteiger partial charge is 0.346 e. The van der Waals surface area contributed by atoms with Gasteiger partial charge in [-0.3, -0.25) is 4.79 Å². The van der Waals surface area contributed by atoms with E-state index in [1.807, 2.05) is 17.5 Å². The summed E-state index contributed by atoms with van der Waals surface area (Å²) in [4.78, 5) is 17.9. The Morgan fingerprint density at radius 1 is 1.25 bits per heavy atom. The van der Waals surface area contributed by atoms with Crippen molar-refractivity contribution in [1.29, 1.82) is 0 Å². The lowest BCUT2D eigenvalue weighted by Gasteiger charge is -2.26. The molecule has 1 atom stereocenters. The molecule has 1 amide bonds. The Labute approximate surface area is 186 Å². The summed E-state index contributed by atoms with van der Waals surface area (Å²) in [5, 5.41) is 4.62. The number of nitrogens with zero attached hydrogens (tertiary/aromatic N) is 1. The predicted molar refractivity (Wildman–Crippen MR) is 118 cm³/mol. The van der Waals surface area contributed by atoms with Gasteiger partial charge in [0.2, 0.25) is 0 Å². The second-order valence-electron chi connectivity index (χ2n) is 7.75. The van der Waals surface area contributed by atoms with Crippen LogP contribution in [-0.2, 0) is 11.3 Å². The SMILES string of the molecule is CC1=C(C(=O)NCc2cccs2)N=C2C(C(F)(F)F)=CC(c3cccc(F)c3)=CCC2C1. The monoisotopic (exact) mass is 460 g/mol. The largest absolute Gasteiger partial charge is 0.418 e. The van der Waals surface area contributed by atoms with Crippen LogP contribution in [0.1, 0.15) is 30.2 Å². The fourth-order valence-corrected chi connectivity index (χ4v) is 4.55. The summed E-state index contributed by atoms with van der Waals surface area (Å²) in [6.45, 7) is 2.01. The van der Waals surface area contributed by atoms with Crippen molar-refractivity contribution in [3.8, 4) is 0 Å². The molecule has 3 nitrogen and oxygen atoms in total. The van der Waals surface area contributed by atoms with Crippen LogP contribution < -0.4 is 5.32 Å². The van der Waals surface area contributed by atoms with Gasteiger partial charge in [-0.15, -0.1) is 11.3 Å². The molecular weight excluding hydrogens is 440 g/mol. The van der Waals surface area contributed by atoms with E-state index in [4.69, 9.17) is 0 Å². The van der Waals surface area contributed by atoms with Crippen molar-refractivity contribution >= 4 is 28.5 Å². The van der Waals surface area contributed by atoms with E-state index in [0.29, 0.717) is 24.0 Å². The molecule has 0 fully saturated rings. The van der Waals surface area contributed by atoms with Gasteiger partial charge in [0.25, 0.3) is 5.91 Å². The first-order valence-electron chi connectivity index (χ1n) is 10.1. The average molecular weight is 460 g/mol. The summed E-state index contributed by atoms with van der Waals surface area (Å²) >= 11 is 1.48. The fourth-order valence-electron chi connectivity index (χ4n) is 3.91. The minimum atomic E-state index is -4.67. The number of aliphatic imine (C=N–C) groups is 1. The molecule has 8 heteroatoms. The van der Waals surface area contributed by atoms with E-state index >= 15 is 0 Å². The van der Waals surface area contributed by atoms with E-state index < -0.39 is 29.4 Å². The summed E-state index contributed by atoms with van der Waals surface area (Å²) in [6, 6.07) is 9.21. The topological polar surface area (TPSA) is 41.5 Å². The van der Waals surface area contributed by atoms with Crippen LogP contribution in [0.4, 0.5) is 17.6 Å². The number of fused-ring (bicyclic) bond motifs is 1. The quantitative estimate of drug-likeness (QED) is 0.541. The Morgan fingerprint density at radius 3 is 2.75 bits per heavy atom. The number of alkyl halides is 3. The van der Waals surface area contributed by atoms with Gasteiger partial charge in [-0.1, -0.05) is 24.3 Å². The van der Waals surface area contributed by atoms with Gasteiger partial charge in [0.1, 0.15) is 11.5 Å². The molecule has 1 aliphatic heterocycles. The molecular formula is C24H20F4N2OS. The third-order valence-corrected chi connectivity index (χ3v) is 6.33.